The standard InChI is InChI=1S/C19H39FO3S.C2H7N/c1-2-3-4-5-6-7-9-12-15-18-23-24(21,22)19-16-13-10-8-11-14-17-20;1-3-2/h2-19H2,1H3;3H,1-2H3. The Morgan fingerprint density at radius 1 is 0.704 bits per heavy atom. The van der Waals surface area contributed by atoms with Crippen LogP contribution < -0.4 is 5.32 Å². The zero-order valence-electron chi connectivity index (χ0n) is 18.2. The Hall–Kier alpha value is -0.200. The summed E-state index contributed by atoms with van der Waals surface area (Å²) >= 11 is 0. The Labute approximate surface area is 169 Å². The molecular weight excluding hydrogens is 365 g/mol. The van der Waals surface area contributed by atoms with E-state index < -0.39 is 10.1 Å². The number of alkyl halides is 1. The van der Waals surface area contributed by atoms with Crippen LogP contribution in [0.25, 0.3) is 0 Å². The number of halogens is 1. The van der Waals surface area contributed by atoms with Crippen molar-refractivity contribution in [1.29, 1.82) is 0 Å². The number of nitrogens with one attached hydrogen (secondary N) is 1. The maximum atomic E-state index is 11.9. The molecule has 0 aromatic carbocycles. The van der Waals surface area contributed by atoms with Gasteiger partial charge in [-0.1, -0.05) is 84.0 Å². The molecule has 0 aromatic heterocycles. The van der Waals surface area contributed by atoms with Crippen LogP contribution in [0.3, 0.4) is 0 Å². The van der Waals surface area contributed by atoms with Crippen molar-refractivity contribution in [2.75, 3.05) is 33.1 Å². The van der Waals surface area contributed by atoms with E-state index in [-0.39, 0.29) is 12.4 Å². The number of rotatable bonds is 19. The van der Waals surface area contributed by atoms with Crippen molar-refractivity contribution in [1.82, 2.24) is 5.32 Å². The molecule has 0 fully saturated rings. The quantitative estimate of drug-likeness (QED) is 0.209. The maximum Gasteiger partial charge on any atom is 0.267 e. The molecular formula is C21H46FNO3S. The molecule has 0 spiro atoms. The highest BCUT2D eigenvalue weighted by molar-refractivity contribution is 7.86. The fraction of sp³-hybridized carbons (Fsp3) is 1.00. The number of hydrogen-bond acceptors (Lipinski definition) is 4. The van der Waals surface area contributed by atoms with E-state index in [1.54, 1.807) is 0 Å². The lowest BCUT2D eigenvalue weighted by molar-refractivity contribution is 0.305. The smallest absolute Gasteiger partial charge is 0.267 e. The summed E-state index contributed by atoms with van der Waals surface area (Å²) in [6.45, 7) is 2.30. The van der Waals surface area contributed by atoms with Crippen LogP contribution in [0.1, 0.15) is 103 Å². The van der Waals surface area contributed by atoms with Crippen LogP contribution >= 0.6 is 0 Å². The van der Waals surface area contributed by atoms with E-state index in [1.165, 1.54) is 44.9 Å². The summed E-state index contributed by atoms with van der Waals surface area (Å²) < 4.78 is 40.4. The molecule has 1 N–H and O–H groups in total. The molecule has 4 nitrogen and oxygen atoms in total. The Morgan fingerprint density at radius 3 is 1.59 bits per heavy atom. The van der Waals surface area contributed by atoms with Gasteiger partial charge >= 0.3 is 0 Å². The first-order valence-corrected chi connectivity index (χ1v) is 12.6. The van der Waals surface area contributed by atoms with Crippen LogP contribution in [0.15, 0.2) is 0 Å². The fourth-order valence-electron chi connectivity index (χ4n) is 2.74. The third kappa shape index (κ3) is 28.1. The molecule has 0 aromatic rings. The first-order valence-electron chi connectivity index (χ1n) is 11.1. The van der Waals surface area contributed by atoms with Gasteiger partial charge in [-0.2, -0.15) is 8.42 Å². The predicted molar refractivity (Wildman–Crippen MR) is 116 cm³/mol. The molecule has 0 saturated carbocycles. The van der Waals surface area contributed by atoms with E-state index in [0.29, 0.717) is 19.4 Å². The molecule has 0 unspecified atom stereocenters. The lowest BCUT2D eigenvalue weighted by Crippen LogP contribution is -2.11. The SMILES string of the molecule is CCCCCCCCCCCOS(=O)(=O)CCCCCCCCF.CNC. The van der Waals surface area contributed by atoms with Gasteiger partial charge in [0.2, 0.25) is 0 Å². The third-order valence-electron chi connectivity index (χ3n) is 4.29. The van der Waals surface area contributed by atoms with Gasteiger partial charge in [0, 0.05) is 0 Å². The normalized spacial score (nSPS) is 11.3. The minimum atomic E-state index is -3.35. The van der Waals surface area contributed by atoms with Gasteiger partial charge in [0.15, 0.2) is 0 Å². The predicted octanol–water partition coefficient (Wildman–Crippen LogP) is 6.01. The molecule has 0 radical (unpaired) electrons. The molecule has 6 heteroatoms. The Balaban J connectivity index is 0. The number of unbranched alkanes of at least 4 members (excludes halogenated alkanes) is 13. The van der Waals surface area contributed by atoms with Gasteiger partial charge in [0.05, 0.1) is 19.0 Å². The van der Waals surface area contributed by atoms with Crippen LogP contribution in [0.5, 0.6) is 0 Å². The lowest BCUT2D eigenvalue weighted by atomic mass is 10.1. The van der Waals surface area contributed by atoms with Crippen molar-refractivity contribution in [3.8, 4) is 0 Å². The van der Waals surface area contributed by atoms with Crippen LogP contribution in [0.2, 0.25) is 0 Å². The molecule has 0 aliphatic rings. The Bertz CT molecular complexity index is 364. The highest BCUT2D eigenvalue weighted by Gasteiger charge is 2.10. The van der Waals surface area contributed by atoms with Gasteiger partial charge in [-0.05, 0) is 33.4 Å². The molecule has 0 aliphatic heterocycles. The second-order valence-corrected chi connectivity index (χ2v) is 8.98. The molecule has 27 heavy (non-hydrogen) atoms. The molecule has 0 heterocycles. The van der Waals surface area contributed by atoms with Gasteiger partial charge in [-0.25, -0.2) is 0 Å². The summed E-state index contributed by atoms with van der Waals surface area (Å²) in [7, 11) is 0.403. The van der Waals surface area contributed by atoms with Gasteiger partial charge < -0.3 is 5.32 Å². The maximum absolute atomic E-state index is 11.9. The topological polar surface area (TPSA) is 55.4 Å². The average Bonchev–Trinajstić information content (AvgIpc) is 2.63. The second kappa shape index (κ2) is 23.8. The zero-order chi connectivity index (χ0) is 20.6. The molecule has 0 bridgehead atoms. The van der Waals surface area contributed by atoms with E-state index in [0.717, 1.165) is 38.5 Å². The summed E-state index contributed by atoms with van der Waals surface area (Å²) in [6.07, 6.45) is 15.9. The monoisotopic (exact) mass is 411 g/mol. The van der Waals surface area contributed by atoms with Crippen molar-refractivity contribution >= 4 is 10.1 Å². The molecule has 0 aliphatic carbocycles. The minimum absolute atomic E-state index is 0.119. The Kier molecular flexibility index (Phi) is 25.6. The van der Waals surface area contributed by atoms with Gasteiger partial charge in [0.1, 0.15) is 0 Å². The summed E-state index contributed by atoms with van der Waals surface area (Å²) in [4.78, 5) is 0. The van der Waals surface area contributed by atoms with Crippen LogP contribution in [-0.2, 0) is 14.3 Å². The molecule has 0 atom stereocenters. The van der Waals surface area contributed by atoms with Crippen molar-refractivity contribution in [3.63, 3.8) is 0 Å². The third-order valence-corrected chi connectivity index (χ3v) is 5.60. The molecule has 166 valence electrons. The molecule has 0 amide bonds. The van der Waals surface area contributed by atoms with Gasteiger partial charge in [-0.15, -0.1) is 0 Å². The van der Waals surface area contributed by atoms with E-state index in [1.807, 2.05) is 14.1 Å². The average molecular weight is 412 g/mol. The zero-order valence-corrected chi connectivity index (χ0v) is 19.1. The first-order chi connectivity index (χ1) is 13.0. The highest BCUT2D eigenvalue weighted by Crippen LogP contribution is 2.11. The van der Waals surface area contributed by atoms with E-state index in [9.17, 15) is 12.8 Å². The van der Waals surface area contributed by atoms with E-state index >= 15 is 0 Å². The van der Waals surface area contributed by atoms with E-state index in [2.05, 4.69) is 12.2 Å². The summed E-state index contributed by atoms with van der Waals surface area (Å²) in [5.41, 5.74) is 0. The minimum Gasteiger partial charge on any atom is -0.323 e. The van der Waals surface area contributed by atoms with Crippen molar-refractivity contribution in [2.45, 2.75) is 103 Å². The van der Waals surface area contributed by atoms with Crippen molar-refractivity contribution < 1.29 is 17.0 Å². The second-order valence-electron chi connectivity index (χ2n) is 7.22. The van der Waals surface area contributed by atoms with Crippen molar-refractivity contribution in [3.05, 3.63) is 0 Å². The number of hydrogen-bond donors (Lipinski definition) is 1. The molecule has 0 saturated heterocycles. The summed E-state index contributed by atoms with van der Waals surface area (Å²) in [5, 5.41) is 2.75. The fourth-order valence-corrected chi connectivity index (χ4v) is 3.79. The summed E-state index contributed by atoms with van der Waals surface area (Å²) in [5.74, 6) is 0.119. The Morgan fingerprint density at radius 2 is 1.11 bits per heavy atom. The van der Waals surface area contributed by atoms with Crippen molar-refractivity contribution in [2.24, 2.45) is 0 Å². The lowest BCUT2D eigenvalue weighted by Gasteiger charge is -2.06. The first kappa shape index (κ1) is 29.0. The van der Waals surface area contributed by atoms with Gasteiger partial charge in [-0.3, -0.25) is 8.57 Å². The van der Waals surface area contributed by atoms with Crippen LogP contribution in [-0.4, -0.2) is 41.5 Å². The molecule has 0 rings (SSSR count). The van der Waals surface area contributed by atoms with Gasteiger partial charge in [0.25, 0.3) is 10.1 Å². The van der Waals surface area contributed by atoms with Crippen LogP contribution in [0, 0.1) is 0 Å². The van der Waals surface area contributed by atoms with E-state index in [4.69, 9.17) is 4.18 Å². The highest BCUT2D eigenvalue weighted by atomic mass is 32.2. The largest absolute Gasteiger partial charge is 0.323 e. The van der Waals surface area contributed by atoms with Crippen LogP contribution in [0.4, 0.5) is 4.39 Å². The summed E-state index contributed by atoms with van der Waals surface area (Å²) in [6, 6.07) is 0.